The number of carbonyl (C=O) groups is 1. The van der Waals surface area contributed by atoms with Crippen LogP contribution in [-0.4, -0.2) is 17.6 Å². The van der Waals surface area contributed by atoms with Crippen molar-refractivity contribution >= 4 is 5.97 Å². The van der Waals surface area contributed by atoms with Gasteiger partial charge in [-0.2, -0.15) is 0 Å². The van der Waals surface area contributed by atoms with E-state index >= 15 is 0 Å². The van der Waals surface area contributed by atoms with Crippen LogP contribution in [0.5, 0.6) is 0 Å². The number of nitrogens with two attached hydrogens (primary N) is 1. The van der Waals surface area contributed by atoms with E-state index in [9.17, 15) is 4.79 Å². The smallest absolute Gasteiger partial charge is 0.327 e. The molecule has 0 aliphatic carbocycles. The highest BCUT2D eigenvalue weighted by molar-refractivity contribution is 5.79. The van der Waals surface area contributed by atoms with Crippen LogP contribution in [0.4, 0.5) is 0 Å². The van der Waals surface area contributed by atoms with Crippen molar-refractivity contribution in [3.8, 4) is 11.1 Å². The average Bonchev–Trinajstić information content (AvgIpc) is 2.60. The Balaban J connectivity index is 2.05. The summed E-state index contributed by atoms with van der Waals surface area (Å²) in [5.41, 5.74) is 9.95. The molecular formula is C15H14N2O2. The van der Waals surface area contributed by atoms with Crippen molar-refractivity contribution in [2.24, 2.45) is 5.73 Å². The number of rotatable bonds is 1. The third-order valence-electron chi connectivity index (χ3n) is 3.34. The fourth-order valence-corrected chi connectivity index (χ4v) is 2.32. The number of ether oxygens (including phenoxy) is 1. The Morgan fingerprint density at radius 3 is 2.95 bits per heavy atom. The lowest BCUT2D eigenvalue weighted by Gasteiger charge is -2.11. The Kier molecular flexibility index (Phi) is 3.01. The van der Waals surface area contributed by atoms with Gasteiger partial charge in [-0.25, -0.2) is 4.79 Å². The van der Waals surface area contributed by atoms with Gasteiger partial charge in [-0.15, -0.1) is 0 Å². The van der Waals surface area contributed by atoms with Crippen molar-refractivity contribution in [3.05, 3.63) is 53.9 Å². The number of benzene rings is 1. The molecule has 19 heavy (non-hydrogen) atoms. The lowest BCUT2D eigenvalue weighted by Crippen LogP contribution is -2.22. The van der Waals surface area contributed by atoms with Crippen molar-refractivity contribution in [2.75, 3.05) is 6.61 Å². The molecule has 0 amide bonds. The molecule has 4 heteroatoms. The zero-order valence-corrected chi connectivity index (χ0v) is 10.4. The first-order valence-electron chi connectivity index (χ1n) is 6.21. The molecule has 96 valence electrons. The van der Waals surface area contributed by atoms with E-state index in [4.69, 9.17) is 10.5 Å². The zero-order valence-electron chi connectivity index (χ0n) is 10.4. The minimum Gasteiger partial charge on any atom is -0.464 e. The molecule has 0 bridgehead atoms. The Hall–Kier alpha value is -2.20. The van der Waals surface area contributed by atoms with E-state index in [2.05, 4.69) is 11.1 Å². The third kappa shape index (κ3) is 2.22. The van der Waals surface area contributed by atoms with Crippen molar-refractivity contribution in [1.82, 2.24) is 4.98 Å². The topological polar surface area (TPSA) is 65.2 Å². The van der Waals surface area contributed by atoms with Crippen LogP contribution in [-0.2, 0) is 16.0 Å². The molecule has 1 aliphatic heterocycles. The maximum Gasteiger partial charge on any atom is 0.327 e. The van der Waals surface area contributed by atoms with Gasteiger partial charge in [0.1, 0.15) is 6.04 Å². The highest BCUT2D eigenvalue weighted by atomic mass is 16.5. The molecule has 2 heterocycles. The Bertz CT molecular complexity index is 611. The van der Waals surface area contributed by atoms with Gasteiger partial charge < -0.3 is 10.5 Å². The molecular weight excluding hydrogens is 240 g/mol. The Morgan fingerprint density at radius 2 is 2.16 bits per heavy atom. The predicted octanol–water partition coefficient (Wildman–Crippen LogP) is 1.85. The summed E-state index contributed by atoms with van der Waals surface area (Å²) < 4.78 is 5.07. The molecule has 1 aliphatic rings. The van der Waals surface area contributed by atoms with E-state index in [1.807, 2.05) is 30.5 Å². The second-order valence-corrected chi connectivity index (χ2v) is 4.55. The number of pyridine rings is 1. The Labute approximate surface area is 111 Å². The summed E-state index contributed by atoms with van der Waals surface area (Å²) in [4.78, 5) is 15.7. The van der Waals surface area contributed by atoms with Gasteiger partial charge in [0.15, 0.2) is 0 Å². The molecule has 0 spiro atoms. The molecule has 1 atom stereocenters. The van der Waals surface area contributed by atoms with Gasteiger partial charge in [0.05, 0.1) is 6.61 Å². The summed E-state index contributed by atoms with van der Waals surface area (Å²) in [6, 6.07) is 9.17. The minimum absolute atomic E-state index is 0.354. The Morgan fingerprint density at radius 1 is 1.26 bits per heavy atom. The quantitative estimate of drug-likeness (QED) is 0.789. The second-order valence-electron chi connectivity index (χ2n) is 4.55. The van der Waals surface area contributed by atoms with Crippen LogP contribution in [0.2, 0.25) is 0 Å². The molecule has 0 fully saturated rings. The number of nitrogens with zero attached hydrogens (tertiary/aromatic N) is 1. The first kappa shape index (κ1) is 11.9. The number of cyclic esters (lactones) is 1. The monoisotopic (exact) mass is 254 g/mol. The summed E-state index contributed by atoms with van der Waals surface area (Å²) >= 11 is 0. The number of carbonyl (C=O) groups excluding carboxylic acids is 1. The first-order chi connectivity index (χ1) is 9.25. The van der Waals surface area contributed by atoms with E-state index in [-0.39, 0.29) is 5.97 Å². The molecule has 0 saturated carbocycles. The van der Waals surface area contributed by atoms with E-state index in [1.54, 1.807) is 6.20 Å². The summed E-state index contributed by atoms with van der Waals surface area (Å²) in [6.07, 6.45) is 4.26. The third-order valence-corrected chi connectivity index (χ3v) is 3.34. The lowest BCUT2D eigenvalue weighted by molar-refractivity contribution is -0.144. The highest BCUT2D eigenvalue weighted by Crippen LogP contribution is 2.27. The normalized spacial score (nSPS) is 18.4. The highest BCUT2D eigenvalue weighted by Gasteiger charge is 2.23. The van der Waals surface area contributed by atoms with E-state index in [0.29, 0.717) is 13.0 Å². The average molecular weight is 254 g/mol. The fraction of sp³-hybridized carbons (Fsp3) is 0.200. The number of aromatic nitrogens is 1. The molecule has 1 aromatic carbocycles. The van der Waals surface area contributed by atoms with Gasteiger partial charge in [0, 0.05) is 18.8 Å². The SMILES string of the molecule is NC1C(=O)OCCc2cc(-c3cccnc3)ccc21. The maximum absolute atomic E-state index is 11.6. The van der Waals surface area contributed by atoms with E-state index < -0.39 is 6.04 Å². The van der Waals surface area contributed by atoms with Crippen molar-refractivity contribution < 1.29 is 9.53 Å². The summed E-state index contributed by atoms with van der Waals surface area (Å²) in [5, 5.41) is 0. The van der Waals surface area contributed by atoms with E-state index in [0.717, 1.165) is 22.3 Å². The van der Waals surface area contributed by atoms with Gasteiger partial charge >= 0.3 is 5.97 Å². The number of esters is 1. The van der Waals surface area contributed by atoms with Crippen LogP contribution in [0, 0.1) is 0 Å². The van der Waals surface area contributed by atoms with Crippen LogP contribution in [0.1, 0.15) is 17.2 Å². The van der Waals surface area contributed by atoms with Crippen LogP contribution in [0.25, 0.3) is 11.1 Å². The van der Waals surface area contributed by atoms with Gasteiger partial charge in [-0.05, 0) is 28.3 Å². The summed E-state index contributed by atoms with van der Waals surface area (Å²) in [5.74, 6) is -0.354. The molecule has 1 unspecified atom stereocenters. The largest absolute Gasteiger partial charge is 0.464 e. The lowest BCUT2D eigenvalue weighted by atomic mass is 9.95. The van der Waals surface area contributed by atoms with Crippen LogP contribution >= 0.6 is 0 Å². The molecule has 0 radical (unpaired) electrons. The van der Waals surface area contributed by atoms with Gasteiger partial charge in [-0.1, -0.05) is 24.3 Å². The summed E-state index contributed by atoms with van der Waals surface area (Å²) in [7, 11) is 0. The number of hydrogen-bond acceptors (Lipinski definition) is 4. The van der Waals surface area contributed by atoms with Crippen molar-refractivity contribution in [1.29, 1.82) is 0 Å². The number of fused-ring (bicyclic) bond motifs is 1. The standard InChI is InChI=1S/C15H14N2O2/c16-14-13-4-3-10(12-2-1-6-17-9-12)8-11(13)5-7-19-15(14)18/h1-4,6,8-9,14H,5,7,16H2. The van der Waals surface area contributed by atoms with Gasteiger partial charge in [-0.3, -0.25) is 4.98 Å². The second kappa shape index (κ2) is 4.82. The fourth-order valence-electron chi connectivity index (χ4n) is 2.32. The summed E-state index contributed by atoms with van der Waals surface area (Å²) in [6.45, 7) is 0.385. The maximum atomic E-state index is 11.6. The molecule has 1 aromatic heterocycles. The molecule has 2 aromatic rings. The van der Waals surface area contributed by atoms with E-state index in [1.165, 1.54) is 0 Å². The van der Waals surface area contributed by atoms with Crippen LogP contribution in [0.3, 0.4) is 0 Å². The van der Waals surface area contributed by atoms with Gasteiger partial charge in [0.2, 0.25) is 0 Å². The van der Waals surface area contributed by atoms with Crippen molar-refractivity contribution in [2.45, 2.75) is 12.5 Å². The first-order valence-corrected chi connectivity index (χ1v) is 6.21. The van der Waals surface area contributed by atoms with Crippen molar-refractivity contribution in [3.63, 3.8) is 0 Å². The van der Waals surface area contributed by atoms with Crippen LogP contribution in [0.15, 0.2) is 42.7 Å². The van der Waals surface area contributed by atoms with Gasteiger partial charge in [0.25, 0.3) is 0 Å². The zero-order chi connectivity index (χ0) is 13.2. The minimum atomic E-state index is -0.680. The molecule has 2 N–H and O–H groups in total. The molecule has 0 saturated heterocycles. The molecule has 4 nitrogen and oxygen atoms in total. The molecule has 3 rings (SSSR count). The number of hydrogen-bond donors (Lipinski definition) is 1. The van der Waals surface area contributed by atoms with Crippen LogP contribution < -0.4 is 5.73 Å². The predicted molar refractivity (Wildman–Crippen MR) is 71.3 cm³/mol.